The predicted molar refractivity (Wildman–Crippen MR) is 96.2 cm³/mol. The first-order valence-electron chi connectivity index (χ1n) is 9.85. The van der Waals surface area contributed by atoms with Crippen molar-refractivity contribution in [2.45, 2.75) is 43.5 Å². The third-order valence-corrected chi connectivity index (χ3v) is 6.20. The quantitative estimate of drug-likeness (QED) is 0.505. The minimum Gasteiger partial charge on any atom is -0.368 e. The largest absolute Gasteiger partial charge is 0.368 e. The van der Waals surface area contributed by atoms with Crippen LogP contribution in [0.25, 0.3) is 11.1 Å². The van der Waals surface area contributed by atoms with Gasteiger partial charge >= 0.3 is 0 Å². The van der Waals surface area contributed by atoms with Crippen molar-refractivity contribution in [1.29, 1.82) is 0 Å². The minimum atomic E-state index is -1.20. The van der Waals surface area contributed by atoms with E-state index in [-0.39, 0.29) is 28.2 Å². The van der Waals surface area contributed by atoms with Crippen LogP contribution in [0.3, 0.4) is 0 Å². The van der Waals surface area contributed by atoms with Gasteiger partial charge in [-0.05, 0) is 24.3 Å². The molecule has 0 aromatic heterocycles. The lowest BCUT2D eigenvalue weighted by atomic mass is 9.80. The monoisotopic (exact) mass is 408 g/mol. The molecular weight excluding hydrogens is 388 g/mol. The first kappa shape index (κ1) is 19.0. The third-order valence-electron chi connectivity index (χ3n) is 6.20. The number of halogens is 4. The molecule has 0 radical (unpaired) electrons. The van der Waals surface area contributed by atoms with Crippen LogP contribution in [0.1, 0.15) is 48.8 Å². The zero-order chi connectivity index (χ0) is 20.2. The molecule has 3 nitrogen and oxygen atoms in total. The highest BCUT2D eigenvalue weighted by atomic mass is 19.2. The molecule has 1 saturated carbocycles. The fourth-order valence-corrected chi connectivity index (χ4v) is 4.49. The molecule has 7 heteroatoms. The molecule has 1 unspecified atom stereocenters. The Morgan fingerprint density at radius 1 is 0.724 bits per heavy atom. The van der Waals surface area contributed by atoms with Crippen LogP contribution in [0.15, 0.2) is 24.3 Å². The zero-order valence-electron chi connectivity index (χ0n) is 15.7. The van der Waals surface area contributed by atoms with E-state index >= 15 is 0 Å². The molecule has 1 atom stereocenters. The van der Waals surface area contributed by atoms with Crippen molar-refractivity contribution in [1.82, 2.24) is 0 Å². The summed E-state index contributed by atoms with van der Waals surface area (Å²) in [6.45, 7) is 1.43. The number of benzene rings is 2. The van der Waals surface area contributed by atoms with Crippen LogP contribution in [0.5, 0.6) is 0 Å². The molecule has 2 aliphatic heterocycles. The summed E-state index contributed by atoms with van der Waals surface area (Å²) in [6, 6.07) is 5.43. The summed E-state index contributed by atoms with van der Waals surface area (Å²) in [5, 5.41) is 0. The molecule has 29 heavy (non-hydrogen) atoms. The number of epoxide rings is 1. The molecule has 0 amide bonds. The van der Waals surface area contributed by atoms with Crippen molar-refractivity contribution in [2.24, 2.45) is 0 Å². The van der Waals surface area contributed by atoms with E-state index in [9.17, 15) is 17.6 Å². The van der Waals surface area contributed by atoms with Gasteiger partial charge in [-0.15, -0.1) is 0 Å². The smallest absolute Gasteiger partial charge is 0.168 e. The van der Waals surface area contributed by atoms with Crippen molar-refractivity contribution >= 4 is 0 Å². The second-order valence-electron chi connectivity index (χ2n) is 7.86. The van der Waals surface area contributed by atoms with Crippen LogP contribution in [0.4, 0.5) is 17.6 Å². The number of hydrogen-bond donors (Lipinski definition) is 0. The molecular formula is C22H20F4O3. The first-order chi connectivity index (χ1) is 14.0. The van der Waals surface area contributed by atoms with E-state index in [0.717, 1.165) is 0 Å². The zero-order valence-corrected chi connectivity index (χ0v) is 15.7. The molecule has 3 fully saturated rings. The molecule has 0 N–H and O–H groups in total. The summed E-state index contributed by atoms with van der Waals surface area (Å²) in [5.74, 6) is -5.20. The molecule has 2 heterocycles. The summed E-state index contributed by atoms with van der Waals surface area (Å²) >= 11 is 0. The Labute approximate surface area is 165 Å². The predicted octanol–water partition coefficient (Wildman–Crippen LogP) is 5.38. The Morgan fingerprint density at radius 2 is 1.24 bits per heavy atom. The molecule has 1 spiro atoms. The minimum absolute atomic E-state index is 0.0937. The van der Waals surface area contributed by atoms with Gasteiger partial charge < -0.3 is 14.2 Å². The van der Waals surface area contributed by atoms with E-state index in [1.165, 1.54) is 24.3 Å². The van der Waals surface area contributed by atoms with Crippen LogP contribution in [0, 0.1) is 23.3 Å². The summed E-state index contributed by atoms with van der Waals surface area (Å²) in [5.41, 5.74) is -0.245. The highest BCUT2D eigenvalue weighted by Gasteiger charge is 2.41. The van der Waals surface area contributed by atoms with E-state index in [4.69, 9.17) is 14.2 Å². The lowest BCUT2D eigenvalue weighted by Gasteiger charge is -2.35. The molecule has 2 saturated heterocycles. The molecule has 3 aliphatic rings. The van der Waals surface area contributed by atoms with E-state index in [1.807, 2.05) is 0 Å². The Morgan fingerprint density at radius 3 is 1.79 bits per heavy atom. The van der Waals surface area contributed by atoms with Gasteiger partial charge in [0.25, 0.3) is 0 Å². The lowest BCUT2D eigenvalue weighted by Crippen LogP contribution is -2.34. The van der Waals surface area contributed by atoms with Gasteiger partial charge in [0.1, 0.15) is 6.10 Å². The summed E-state index contributed by atoms with van der Waals surface area (Å²) < 4.78 is 74.9. The molecule has 5 rings (SSSR count). The van der Waals surface area contributed by atoms with Gasteiger partial charge in [-0.25, -0.2) is 17.6 Å². The summed E-state index contributed by atoms with van der Waals surface area (Å²) in [7, 11) is 0. The molecule has 1 aliphatic carbocycles. The highest BCUT2D eigenvalue weighted by Crippen LogP contribution is 2.44. The van der Waals surface area contributed by atoms with Gasteiger partial charge in [0.05, 0.1) is 19.8 Å². The molecule has 154 valence electrons. The van der Waals surface area contributed by atoms with Gasteiger partial charge in [-0.3, -0.25) is 0 Å². The molecule has 2 aromatic rings. The average Bonchev–Trinajstić information content (AvgIpc) is 3.47. The Kier molecular flexibility index (Phi) is 4.64. The van der Waals surface area contributed by atoms with Gasteiger partial charge in [-0.1, -0.05) is 24.3 Å². The fraction of sp³-hybridized carbons (Fsp3) is 0.455. The van der Waals surface area contributed by atoms with Crippen molar-refractivity contribution in [3.05, 3.63) is 58.7 Å². The SMILES string of the molecule is Fc1c(-c2ccc(C3CO3)c(F)c2F)ccc(C2CCC3(CC2)OCCO3)c1F. The van der Waals surface area contributed by atoms with E-state index in [2.05, 4.69) is 0 Å². The van der Waals surface area contributed by atoms with E-state index in [1.54, 1.807) is 0 Å². The van der Waals surface area contributed by atoms with E-state index < -0.39 is 35.2 Å². The summed E-state index contributed by atoms with van der Waals surface area (Å²) in [6.07, 6.45) is 1.98. The normalized spacial score (nSPS) is 23.7. The lowest BCUT2D eigenvalue weighted by molar-refractivity contribution is -0.178. The van der Waals surface area contributed by atoms with Crippen molar-refractivity contribution < 1.29 is 31.8 Å². The molecule has 2 aromatic carbocycles. The molecule has 0 bridgehead atoms. The van der Waals surface area contributed by atoms with Gasteiger partial charge in [0.2, 0.25) is 0 Å². The van der Waals surface area contributed by atoms with Crippen molar-refractivity contribution in [2.75, 3.05) is 19.8 Å². The maximum Gasteiger partial charge on any atom is 0.168 e. The third kappa shape index (κ3) is 3.25. The van der Waals surface area contributed by atoms with Crippen LogP contribution in [-0.4, -0.2) is 25.6 Å². The van der Waals surface area contributed by atoms with Crippen molar-refractivity contribution in [3.63, 3.8) is 0 Å². The van der Waals surface area contributed by atoms with Gasteiger partial charge in [0.15, 0.2) is 29.1 Å². The van der Waals surface area contributed by atoms with Gasteiger partial charge in [0, 0.05) is 29.5 Å². The Bertz CT molecular complexity index is 942. The van der Waals surface area contributed by atoms with Crippen LogP contribution >= 0.6 is 0 Å². The number of ether oxygens (including phenoxy) is 3. The maximum absolute atomic E-state index is 14.9. The average molecular weight is 408 g/mol. The standard InChI is InChI=1S/C22H20F4O3/c23-18-13(12-5-7-22(8-6-12)28-9-10-29-22)1-2-14(19(18)24)15-3-4-16(17-11-27-17)21(26)20(15)25/h1-4,12,17H,5-11H2. The van der Waals surface area contributed by atoms with Crippen LogP contribution in [0.2, 0.25) is 0 Å². The Balaban J connectivity index is 1.43. The Hall–Kier alpha value is -1.96. The van der Waals surface area contributed by atoms with Crippen molar-refractivity contribution in [3.8, 4) is 11.1 Å². The van der Waals surface area contributed by atoms with Gasteiger partial charge in [-0.2, -0.15) is 0 Å². The topological polar surface area (TPSA) is 31.0 Å². The number of hydrogen-bond acceptors (Lipinski definition) is 3. The first-order valence-corrected chi connectivity index (χ1v) is 9.85. The fourth-order valence-electron chi connectivity index (χ4n) is 4.49. The maximum atomic E-state index is 14.9. The highest BCUT2D eigenvalue weighted by molar-refractivity contribution is 5.66. The second-order valence-corrected chi connectivity index (χ2v) is 7.86. The van der Waals surface area contributed by atoms with Crippen LogP contribution in [-0.2, 0) is 14.2 Å². The van der Waals surface area contributed by atoms with Crippen LogP contribution < -0.4 is 0 Å². The number of rotatable bonds is 3. The second kappa shape index (κ2) is 7.07. The summed E-state index contributed by atoms with van der Waals surface area (Å²) in [4.78, 5) is 0. The van der Waals surface area contributed by atoms with E-state index in [0.29, 0.717) is 45.5 Å².